The second-order valence-electron chi connectivity index (χ2n) is 3.82. The number of carbonyl (C=O) groups excluding carboxylic acids is 2. The molecular weight excluding hydrogens is 240 g/mol. The van der Waals surface area contributed by atoms with E-state index in [1.807, 2.05) is 0 Å². The Balaban J connectivity index is 2.17. The fraction of sp³-hybridized carbons (Fsp3) is 0.400. The van der Waals surface area contributed by atoms with Gasteiger partial charge >= 0.3 is 5.97 Å². The monoisotopic (exact) mass is 252 g/mol. The molecule has 96 valence electrons. The van der Waals surface area contributed by atoms with E-state index in [-0.39, 0.29) is 30.3 Å². The minimum absolute atomic E-state index is 0.120. The summed E-state index contributed by atoms with van der Waals surface area (Å²) >= 11 is 0. The third-order valence-corrected chi connectivity index (χ3v) is 2.66. The number of H-pyrrole nitrogens is 1. The van der Waals surface area contributed by atoms with Gasteiger partial charge in [0.1, 0.15) is 0 Å². The number of carboxylic acid groups (broad SMARTS) is 1. The first kappa shape index (κ1) is 12.1. The van der Waals surface area contributed by atoms with Gasteiger partial charge in [-0.15, -0.1) is 0 Å². The number of nitrogens with zero attached hydrogens (tertiary/aromatic N) is 2. The lowest BCUT2D eigenvalue weighted by Gasteiger charge is -2.18. The van der Waals surface area contributed by atoms with Crippen LogP contribution >= 0.6 is 0 Å². The van der Waals surface area contributed by atoms with Gasteiger partial charge in [0.2, 0.25) is 5.91 Å². The number of amides is 2. The smallest absolute Gasteiger partial charge is 0.354 e. The summed E-state index contributed by atoms with van der Waals surface area (Å²) in [6, 6.07) is 0. The number of nitrogens with one attached hydrogen (secondary N) is 2. The summed E-state index contributed by atoms with van der Waals surface area (Å²) in [4.78, 5) is 41.7. The average molecular weight is 252 g/mol. The molecule has 2 amide bonds. The number of hydrogen-bond acceptors (Lipinski definition) is 4. The van der Waals surface area contributed by atoms with Crippen molar-refractivity contribution in [3.05, 3.63) is 17.7 Å². The van der Waals surface area contributed by atoms with Gasteiger partial charge < -0.3 is 20.3 Å². The van der Waals surface area contributed by atoms with Crippen LogP contribution < -0.4 is 5.32 Å². The zero-order chi connectivity index (χ0) is 13.1. The van der Waals surface area contributed by atoms with Crippen LogP contribution in [0.2, 0.25) is 0 Å². The molecule has 0 aliphatic carbocycles. The highest BCUT2D eigenvalue weighted by molar-refractivity contribution is 6.02. The van der Waals surface area contributed by atoms with E-state index in [9.17, 15) is 14.4 Å². The largest absolute Gasteiger partial charge is 0.477 e. The van der Waals surface area contributed by atoms with E-state index in [0.29, 0.717) is 13.1 Å². The van der Waals surface area contributed by atoms with Crippen molar-refractivity contribution in [2.24, 2.45) is 0 Å². The number of carbonyl (C=O) groups is 3. The third-order valence-electron chi connectivity index (χ3n) is 2.66. The first-order valence-corrected chi connectivity index (χ1v) is 5.42. The summed E-state index contributed by atoms with van der Waals surface area (Å²) in [5.41, 5.74) is -0.361. The molecule has 1 aliphatic heterocycles. The number of hydrogen-bond donors (Lipinski definition) is 3. The summed E-state index contributed by atoms with van der Waals surface area (Å²) in [5, 5.41) is 11.5. The number of aromatic carboxylic acids is 1. The van der Waals surface area contributed by atoms with Crippen molar-refractivity contribution in [2.45, 2.75) is 6.42 Å². The molecule has 8 heteroatoms. The molecular formula is C10H12N4O4. The van der Waals surface area contributed by atoms with Crippen LogP contribution in [0, 0.1) is 0 Å². The van der Waals surface area contributed by atoms with Crippen LogP contribution in [0.25, 0.3) is 0 Å². The molecule has 0 bridgehead atoms. The average Bonchev–Trinajstić information content (AvgIpc) is 2.72. The van der Waals surface area contributed by atoms with Crippen LogP contribution in [0.1, 0.15) is 27.4 Å². The third kappa shape index (κ3) is 2.31. The number of rotatable bonds is 2. The first-order chi connectivity index (χ1) is 8.59. The molecule has 18 heavy (non-hydrogen) atoms. The normalized spacial score (nSPS) is 16.0. The Morgan fingerprint density at radius 2 is 2.17 bits per heavy atom. The highest BCUT2D eigenvalue weighted by Crippen LogP contribution is 2.08. The van der Waals surface area contributed by atoms with Crippen molar-refractivity contribution in [1.82, 2.24) is 20.2 Å². The number of imidazole rings is 1. The highest BCUT2D eigenvalue weighted by Gasteiger charge is 2.26. The molecule has 0 spiro atoms. The van der Waals surface area contributed by atoms with Crippen LogP contribution in [-0.2, 0) is 4.79 Å². The van der Waals surface area contributed by atoms with Crippen molar-refractivity contribution in [2.75, 3.05) is 19.6 Å². The molecule has 2 heterocycles. The number of carboxylic acids is 1. The van der Waals surface area contributed by atoms with Gasteiger partial charge in [0.05, 0.1) is 6.33 Å². The Morgan fingerprint density at radius 1 is 1.39 bits per heavy atom. The lowest BCUT2D eigenvalue weighted by molar-refractivity contribution is -0.120. The maximum Gasteiger partial charge on any atom is 0.354 e. The molecule has 1 aliphatic rings. The van der Waals surface area contributed by atoms with Gasteiger partial charge in [-0.25, -0.2) is 9.78 Å². The van der Waals surface area contributed by atoms with E-state index in [2.05, 4.69) is 15.3 Å². The van der Waals surface area contributed by atoms with Crippen molar-refractivity contribution < 1.29 is 19.5 Å². The quantitative estimate of drug-likeness (QED) is 0.629. The van der Waals surface area contributed by atoms with Crippen molar-refractivity contribution in [1.29, 1.82) is 0 Å². The fourth-order valence-corrected chi connectivity index (χ4v) is 1.74. The van der Waals surface area contributed by atoms with Gasteiger partial charge in [0.25, 0.3) is 5.91 Å². The zero-order valence-electron chi connectivity index (χ0n) is 9.47. The maximum atomic E-state index is 12.1. The molecule has 0 radical (unpaired) electrons. The summed E-state index contributed by atoms with van der Waals surface area (Å²) in [6.07, 6.45) is 1.37. The van der Waals surface area contributed by atoms with E-state index in [0.717, 1.165) is 6.33 Å². The Morgan fingerprint density at radius 3 is 2.89 bits per heavy atom. The van der Waals surface area contributed by atoms with Crippen LogP contribution in [0.15, 0.2) is 6.33 Å². The van der Waals surface area contributed by atoms with Gasteiger partial charge in [0.15, 0.2) is 11.4 Å². The summed E-state index contributed by atoms with van der Waals surface area (Å²) in [6.45, 7) is 0.963. The van der Waals surface area contributed by atoms with Gasteiger partial charge in [-0.2, -0.15) is 0 Å². The van der Waals surface area contributed by atoms with Gasteiger partial charge in [-0.1, -0.05) is 0 Å². The van der Waals surface area contributed by atoms with Crippen molar-refractivity contribution >= 4 is 17.8 Å². The topological polar surface area (TPSA) is 115 Å². The highest BCUT2D eigenvalue weighted by atomic mass is 16.4. The SMILES string of the molecule is O=C1CCN(C(=O)c2nc[nH]c2C(=O)O)CCN1. The van der Waals surface area contributed by atoms with Crippen LogP contribution in [0.3, 0.4) is 0 Å². The van der Waals surface area contributed by atoms with E-state index >= 15 is 0 Å². The Bertz CT molecular complexity index is 496. The zero-order valence-corrected chi connectivity index (χ0v) is 9.47. The Hall–Kier alpha value is -2.38. The van der Waals surface area contributed by atoms with E-state index in [1.54, 1.807) is 0 Å². The molecule has 0 saturated carbocycles. The van der Waals surface area contributed by atoms with Crippen molar-refractivity contribution in [3.8, 4) is 0 Å². The van der Waals surface area contributed by atoms with Crippen LogP contribution in [-0.4, -0.2) is 57.4 Å². The predicted molar refractivity (Wildman–Crippen MR) is 59.1 cm³/mol. The number of aromatic amines is 1. The second kappa shape index (κ2) is 4.86. The standard InChI is InChI=1S/C10H12N4O4/c15-6-1-3-14(4-2-11-6)9(16)7-8(10(17)18)13-5-12-7/h5H,1-4H2,(H,11,15)(H,12,13)(H,17,18). The molecule has 1 fully saturated rings. The van der Waals surface area contributed by atoms with Crippen molar-refractivity contribution in [3.63, 3.8) is 0 Å². The molecule has 2 rings (SSSR count). The minimum Gasteiger partial charge on any atom is -0.477 e. The van der Waals surface area contributed by atoms with E-state index in [4.69, 9.17) is 5.11 Å². The fourth-order valence-electron chi connectivity index (χ4n) is 1.74. The molecule has 0 aromatic carbocycles. The second-order valence-corrected chi connectivity index (χ2v) is 3.82. The van der Waals surface area contributed by atoms with E-state index in [1.165, 1.54) is 4.90 Å². The molecule has 8 nitrogen and oxygen atoms in total. The minimum atomic E-state index is -1.24. The summed E-state index contributed by atoms with van der Waals surface area (Å²) in [7, 11) is 0. The number of aromatic nitrogens is 2. The molecule has 1 aromatic rings. The lowest BCUT2D eigenvalue weighted by atomic mass is 10.2. The van der Waals surface area contributed by atoms with Gasteiger partial charge in [-0.05, 0) is 0 Å². The van der Waals surface area contributed by atoms with Crippen LogP contribution in [0.5, 0.6) is 0 Å². The maximum absolute atomic E-state index is 12.1. The summed E-state index contributed by atoms with van der Waals surface area (Å²) in [5.74, 6) is -1.84. The molecule has 1 saturated heterocycles. The summed E-state index contributed by atoms with van der Waals surface area (Å²) < 4.78 is 0. The van der Waals surface area contributed by atoms with Crippen LogP contribution in [0.4, 0.5) is 0 Å². The van der Waals surface area contributed by atoms with Gasteiger partial charge in [-0.3, -0.25) is 9.59 Å². The lowest BCUT2D eigenvalue weighted by Crippen LogP contribution is -2.35. The first-order valence-electron chi connectivity index (χ1n) is 5.42. The Kier molecular flexibility index (Phi) is 3.26. The molecule has 0 unspecified atom stereocenters. The van der Waals surface area contributed by atoms with E-state index < -0.39 is 11.9 Å². The molecule has 1 aromatic heterocycles. The molecule has 3 N–H and O–H groups in total. The predicted octanol–water partition coefficient (Wildman–Crippen LogP) is -0.930. The molecule has 0 atom stereocenters. The Labute approximate surface area is 102 Å². The van der Waals surface area contributed by atoms with Gasteiger partial charge in [0, 0.05) is 26.1 Å².